The van der Waals surface area contributed by atoms with Gasteiger partial charge in [0.25, 0.3) is 0 Å². The molecule has 1 atom stereocenters. The lowest BCUT2D eigenvalue weighted by Gasteiger charge is -2.11. The summed E-state index contributed by atoms with van der Waals surface area (Å²) in [6.07, 6.45) is 0.945. The summed E-state index contributed by atoms with van der Waals surface area (Å²) in [4.78, 5) is 12.9. The van der Waals surface area contributed by atoms with Crippen LogP contribution in [0, 0.1) is 0 Å². The first-order chi connectivity index (χ1) is 8.63. The maximum atomic E-state index is 11.8. The molecular weight excluding hydrogens is 303 g/mol. The van der Waals surface area contributed by atoms with Gasteiger partial charge in [-0.25, -0.2) is 0 Å². The van der Waals surface area contributed by atoms with E-state index < -0.39 is 0 Å². The third-order valence-electron chi connectivity index (χ3n) is 2.40. The summed E-state index contributed by atoms with van der Waals surface area (Å²) in [5.41, 5.74) is 0. The lowest BCUT2D eigenvalue weighted by molar-refractivity contribution is -0.120. The standard InChI is InChI=1S/C13H19ClN2OS.ClH/c1-10(13(17)16-9-3-8-15-2)18-12-6-4-11(14)5-7-12;/h4-7,10,15H,3,8-9H2,1-2H3,(H,16,17);1H. The van der Waals surface area contributed by atoms with Crippen LogP contribution in [-0.4, -0.2) is 31.3 Å². The van der Waals surface area contributed by atoms with Gasteiger partial charge >= 0.3 is 0 Å². The number of carbonyl (C=O) groups excluding carboxylic acids is 1. The highest BCUT2D eigenvalue weighted by Crippen LogP contribution is 2.24. The van der Waals surface area contributed by atoms with E-state index in [0.717, 1.165) is 17.9 Å². The Bertz CT molecular complexity index is 373. The summed E-state index contributed by atoms with van der Waals surface area (Å²) >= 11 is 7.35. The van der Waals surface area contributed by atoms with E-state index in [1.807, 2.05) is 38.2 Å². The van der Waals surface area contributed by atoms with E-state index in [9.17, 15) is 4.79 Å². The molecule has 0 aliphatic carbocycles. The SMILES string of the molecule is CNCCCNC(=O)C(C)Sc1ccc(Cl)cc1.Cl. The van der Waals surface area contributed by atoms with Gasteiger partial charge in [-0.15, -0.1) is 24.2 Å². The molecule has 0 saturated heterocycles. The van der Waals surface area contributed by atoms with E-state index in [4.69, 9.17) is 11.6 Å². The third kappa shape index (κ3) is 7.67. The first-order valence-corrected chi connectivity index (χ1v) is 7.24. The summed E-state index contributed by atoms with van der Waals surface area (Å²) in [5, 5.41) is 6.58. The fourth-order valence-electron chi connectivity index (χ4n) is 1.39. The van der Waals surface area contributed by atoms with Crippen LogP contribution in [-0.2, 0) is 4.79 Å². The highest BCUT2D eigenvalue weighted by atomic mass is 35.5. The van der Waals surface area contributed by atoms with Crippen LogP contribution in [0.25, 0.3) is 0 Å². The molecule has 19 heavy (non-hydrogen) atoms. The van der Waals surface area contributed by atoms with E-state index >= 15 is 0 Å². The van der Waals surface area contributed by atoms with Crippen molar-refractivity contribution in [1.29, 1.82) is 0 Å². The topological polar surface area (TPSA) is 41.1 Å². The summed E-state index contributed by atoms with van der Waals surface area (Å²) in [5.74, 6) is 0.0750. The quantitative estimate of drug-likeness (QED) is 0.599. The van der Waals surface area contributed by atoms with Gasteiger partial charge in [0.1, 0.15) is 0 Å². The summed E-state index contributed by atoms with van der Waals surface area (Å²) in [6, 6.07) is 7.53. The molecule has 0 bridgehead atoms. The average molecular weight is 323 g/mol. The third-order valence-corrected chi connectivity index (χ3v) is 3.76. The minimum Gasteiger partial charge on any atom is -0.355 e. The lowest BCUT2D eigenvalue weighted by atomic mass is 10.4. The van der Waals surface area contributed by atoms with Crippen molar-refractivity contribution in [1.82, 2.24) is 10.6 Å². The Morgan fingerprint density at radius 3 is 2.53 bits per heavy atom. The molecule has 1 amide bonds. The average Bonchev–Trinajstić information content (AvgIpc) is 2.37. The predicted molar refractivity (Wildman–Crippen MR) is 85.6 cm³/mol. The fraction of sp³-hybridized carbons (Fsp3) is 0.462. The molecule has 6 heteroatoms. The van der Waals surface area contributed by atoms with E-state index in [2.05, 4.69) is 10.6 Å². The molecule has 0 fully saturated rings. The van der Waals surface area contributed by atoms with Crippen LogP contribution in [0.15, 0.2) is 29.2 Å². The summed E-state index contributed by atoms with van der Waals surface area (Å²) in [6.45, 7) is 3.54. The van der Waals surface area contributed by atoms with Gasteiger partial charge < -0.3 is 10.6 Å². The zero-order valence-corrected chi connectivity index (χ0v) is 13.5. The molecule has 0 heterocycles. The molecule has 1 aromatic rings. The van der Waals surface area contributed by atoms with Crippen molar-refractivity contribution in [2.45, 2.75) is 23.5 Å². The maximum Gasteiger partial charge on any atom is 0.233 e. The normalized spacial score (nSPS) is 11.5. The fourth-order valence-corrected chi connectivity index (χ4v) is 2.41. The highest BCUT2D eigenvalue weighted by Gasteiger charge is 2.13. The molecule has 108 valence electrons. The second-order valence-electron chi connectivity index (χ2n) is 3.96. The molecule has 0 saturated carbocycles. The second kappa shape index (κ2) is 10.4. The van der Waals surface area contributed by atoms with E-state index in [1.165, 1.54) is 11.8 Å². The van der Waals surface area contributed by atoms with Gasteiger partial charge in [0, 0.05) is 16.5 Å². The van der Waals surface area contributed by atoms with Crippen LogP contribution in [0.4, 0.5) is 0 Å². The van der Waals surface area contributed by atoms with Gasteiger partial charge in [0.2, 0.25) is 5.91 Å². The van der Waals surface area contributed by atoms with Crippen LogP contribution in [0.3, 0.4) is 0 Å². The number of thioether (sulfide) groups is 1. The summed E-state index contributed by atoms with van der Waals surface area (Å²) < 4.78 is 0. The Labute approximate surface area is 130 Å². The van der Waals surface area contributed by atoms with Gasteiger partial charge in [-0.1, -0.05) is 11.6 Å². The zero-order valence-electron chi connectivity index (χ0n) is 11.1. The number of halogens is 2. The number of rotatable bonds is 7. The Kier molecular flexibility index (Phi) is 10.1. The van der Waals surface area contributed by atoms with Crippen LogP contribution in [0.5, 0.6) is 0 Å². The van der Waals surface area contributed by atoms with Crippen molar-refractivity contribution in [3.8, 4) is 0 Å². The first kappa shape index (κ1) is 18.6. The van der Waals surface area contributed by atoms with Crippen LogP contribution >= 0.6 is 35.8 Å². The van der Waals surface area contributed by atoms with Gasteiger partial charge in [-0.2, -0.15) is 0 Å². The van der Waals surface area contributed by atoms with E-state index in [-0.39, 0.29) is 23.6 Å². The first-order valence-electron chi connectivity index (χ1n) is 5.98. The van der Waals surface area contributed by atoms with Crippen molar-refractivity contribution < 1.29 is 4.79 Å². The number of nitrogens with one attached hydrogen (secondary N) is 2. The molecule has 1 aromatic carbocycles. The molecule has 1 rings (SSSR count). The summed E-state index contributed by atoms with van der Waals surface area (Å²) in [7, 11) is 1.90. The van der Waals surface area contributed by atoms with E-state index in [1.54, 1.807) is 0 Å². The predicted octanol–water partition coefficient (Wildman–Crippen LogP) is 2.97. The minimum absolute atomic E-state index is 0. The van der Waals surface area contributed by atoms with Crippen molar-refractivity contribution in [3.05, 3.63) is 29.3 Å². The number of benzene rings is 1. The Morgan fingerprint density at radius 2 is 1.95 bits per heavy atom. The van der Waals surface area contributed by atoms with Gasteiger partial charge in [-0.05, 0) is 51.2 Å². The number of amides is 1. The molecule has 0 aromatic heterocycles. The van der Waals surface area contributed by atoms with Crippen LogP contribution in [0.2, 0.25) is 5.02 Å². The second-order valence-corrected chi connectivity index (χ2v) is 5.81. The highest BCUT2D eigenvalue weighted by molar-refractivity contribution is 8.00. The molecule has 1 unspecified atom stereocenters. The Morgan fingerprint density at radius 1 is 1.32 bits per heavy atom. The number of hydrogen-bond donors (Lipinski definition) is 2. The Balaban J connectivity index is 0.00000324. The van der Waals surface area contributed by atoms with Gasteiger partial charge in [0.05, 0.1) is 5.25 Å². The monoisotopic (exact) mass is 322 g/mol. The molecule has 0 spiro atoms. The molecule has 2 N–H and O–H groups in total. The van der Waals surface area contributed by atoms with Crippen molar-refractivity contribution in [3.63, 3.8) is 0 Å². The molecule has 3 nitrogen and oxygen atoms in total. The lowest BCUT2D eigenvalue weighted by Crippen LogP contribution is -2.32. The molecule has 0 aliphatic heterocycles. The smallest absolute Gasteiger partial charge is 0.233 e. The minimum atomic E-state index is -0.0965. The zero-order chi connectivity index (χ0) is 13.4. The largest absolute Gasteiger partial charge is 0.355 e. The number of carbonyl (C=O) groups is 1. The van der Waals surface area contributed by atoms with Crippen molar-refractivity contribution >= 4 is 41.7 Å². The van der Waals surface area contributed by atoms with Crippen LogP contribution in [0.1, 0.15) is 13.3 Å². The molecular formula is C13H20Cl2N2OS. The molecule has 0 radical (unpaired) electrons. The van der Waals surface area contributed by atoms with E-state index in [0.29, 0.717) is 11.6 Å². The maximum absolute atomic E-state index is 11.8. The molecule has 0 aliphatic rings. The van der Waals surface area contributed by atoms with Crippen molar-refractivity contribution in [2.24, 2.45) is 0 Å². The van der Waals surface area contributed by atoms with Gasteiger partial charge in [0.15, 0.2) is 0 Å². The Hall–Kier alpha value is -0.420. The van der Waals surface area contributed by atoms with Crippen molar-refractivity contribution in [2.75, 3.05) is 20.1 Å². The van der Waals surface area contributed by atoms with Gasteiger partial charge in [-0.3, -0.25) is 4.79 Å². The number of hydrogen-bond acceptors (Lipinski definition) is 3. The van der Waals surface area contributed by atoms with Crippen LogP contribution < -0.4 is 10.6 Å².